The van der Waals surface area contributed by atoms with E-state index in [0.717, 1.165) is 4.68 Å². The Morgan fingerprint density at radius 1 is 1.55 bits per heavy atom. The first-order valence-corrected chi connectivity index (χ1v) is 6.81. The van der Waals surface area contributed by atoms with Crippen LogP contribution in [-0.2, 0) is 16.6 Å². The van der Waals surface area contributed by atoms with E-state index in [1.54, 1.807) is 0 Å². The standard InChI is InChI=1S/C13H18F2N4O3/c1-7(2)13(5-9(20)16-6-13)11(21)17-8-4-10(19(3)18-8)22-12(14)15/h4,7,12H,5-6H2,1-3H3,(H,16,20)(H,17,18,21). The zero-order valence-corrected chi connectivity index (χ0v) is 12.5. The second-order valence-corrected chi connectivity index (χ2v) is 5.59. The van der Waals surface area contributed by atoms with Crippen LogP contribution in [0.3, 0.4) is 0 Å². The van der Waals surface area contributed by atoms with E-state index in [1.165, 1.54) is 13.1 Å². The summed E-state index contributed by atoms with van der Waals surface area (Å²) in [4.78, 5) is 24.0. The van der Waals surface area contributed by atoms with E-state index >= 15 is 0 Å². The summed E-state index contributed by atoms with van der Waals surface area (Å²) in [6.45, 7) is 0.966. The van der Waals surface area contributed by atoms with Crippen LogP contribution in [0.15, 0.2) is 6.07 Å². The average molecular weight is 316 g/mol. The van der Waals surface area contributed by atoms with Gasteiger partial charge in [-0.25, -0.2) is 4.68 Å². The number of ether oxygens (including phenoxy) is 1. The Bertz CT molecular complexity index is 588. The van der Waals surface area contributed by atoms with Gasteiger partial charge < -0.3 is 15.4 Å². The van der Waals surface area contributed by atoms with Crippen LogP contribution in [0, 0.1) is 11.3 Å². The van der Waals surface area contributed by atoms with E-state index < -0.39 is 12.0 Å². The normalized spacial score (nSPS) is 21.3. The van der Waals surface area contributed by atoms with Crippen LogP contribution in [0.5, 0.6) is 5.88 Å². The Balaban J connectivity index is 2.16. The number of nitrogens with one attached hydrogen (secondary N) is 2. The molecule has 1 aromatic heterocycles. The molecule has 0 aromatic carbocycles. The second kappa shape index (κ2) is 5.90. The summed E-state index contributed by atoms with van der Waals surface area (Å²) in [6.07, 6.45) is 0.0870. The maximum atomic E-state index is 12.5. The third-order valence-corrected chi connectivity index (χ3v) is 3.92. The molecule has 2 amide bonds. The molecule has 1 aromatic rings. The molecule has 2 N–H and O–H groups in total. The number of anilines is 1. The van der Waals surface area contributed by atoms with Crippen LogP contribution in [0.4, 0.5) is 14.6 Å². The number of halogens is 2. The van der Waals surface area contributed by atoms with Gasteiger partial charge in [-0.2, -0.15) is 13.9 Å². The van der Waals surface area contributed by atoms with Crippen molar-refractivity contribution < 1.29 is 23.1 Å². The highest BCUT2D eigenvalue weighted by Crippen LogP contribution is 2.36. The summed E-state index contributed by atoms with van der Waals surface area (Å²) in [7, 11) is 1.42. The molecule has 1 fully saturated rings. The first kappa shape index (κ1) is 16.2. The van der Waals surface area contributed by atoms with Gasteiger partial charge in [-0.05, 0) is 5.92 Å². The number of hydrogen-bond acceptors (Lipinski definition) is 4. The van der Waals surface area contributed by atoms with Crippen molar-refractivity contribution in [1.82, 2.24) is 15.1 Å². The highest BCUT2D eigenvalue weighted by Gasteiger charge is 2.47. The first-order chi connectivity index (χ1) is 10.2. The van der Waals surface area contributed by atoms with Gasteiger partial charge in [-0.1, -0.05) is 13.8 Å². The summed E-state index contributed by atoms with van der Waals surface area (Å²) in [5.74, 6) is -0.701. The molecule has 1 atom stereocenters. The van der Waals surface area contributed by atoms with E-state index in [4.69, 9.17) is 0 Å². The zero-order valence-electron chi connectivity index (χ0n) is 12.5. The zero-order chi connectivity index (χ0) is 16.5. The molecule has 1 unspecified atom stereocenters. The van der Waals surface area contributed by atoms with Gasteiger partial charge in [0.15, 0.2) is 5.82 Å². The van der Waals surface area contributed by atoms with Crippen molar-refractivity contribution in [3.8, 4) is 5.88 Å². The lowest BCUT2D eigenvalue weighted by Crippen LogP contribution is -2.42. The van der Waals surface area contributed by atoms with Crippen molar-refractivity contribution in [2.75, 3.05) is 11.9 Å². The third-order valence-electron chi connectivity index (χ3n) is 3.92. The first-order valence-electron chi connectivity index (χ1n) is 6.81. The van der Waals surface area contributed by atoms with Crippen LogP contribution in [0.25, 0.3) is 0 Å². The lowest BCUT2D eigenvalue weighted by atomic mass is 9.75. The van der Waals surface area contributed by atoms with Gasteiger partial charge >= 0.3 is 6.61 Å². The molecule has 2 rings (SSSR count). The van der Waals surface area contributed by atoms with Gasteiger partial charge in [-0.15, -0.1) is 0 Å². The largest absolute Gasteiger partial charge is 0.417 e. The minimum atomic E-state index is -2.97. The fourth-order valence-electron chi connectivity index (χ4n) is 2.45. The average Bonchev–Trinajstić information content (AvgIpc) is 2.94. The molecule has 9 heteroatoms. The molecular weight excluding hydrogens is 298 g/mol. The predicted molar refractivity (Wildman–Crippen MR) is 73.4 cm³/mol. The maximum absolute atomic E-state index is 12.5. The van der Waals surface area contributed by atoms with Crippen LogP contribution < -0.4 is 15.4 Å². The van der Waals surface area contributed by atoms with Crippen molar-refractivity contribution in [3.63, 3.8) is 0 Å². The predicted octanol–water partition coefficient (Wildman–Crippen LogP) is 1.12. The molecular formula is C13H18F2N4O3. The number of carbonyl (C=O) groups is 2. The summed E-state index contributed by atoms with van der Waals surface area (Å²) in [5, 5.41) is 9.13. The summed E-state index contributed by atoms with van der Waals surface area (Å²) in [6, 6.07) is 1.21. The van der Waals surface area contributed by atoms with Crippen molar-refractivity contribution in [1.29, 1.82) is 0 Å². The topological polar surface area (TPSA) is 85.2 Å². The molecule has 0 radical (unpaired) electrons. The van der Waals surface area contributed by atoms with Crippen LogP contribution in [0.1, 0.15) is 20.3 Å². The molecule has 2 heterocycles. The van der Waals surface area contributed by atoms with E-state index in [9.17, 15) is 18.4 Å². The molecule has 0 spiro atoms. The van der Waals surface area contributed by atoms with Crippen molar-refractivity contribution in [3.05, 3.63) is 6.07 Å². The number of hydrogen-bond donors (Lipinski definition) is 2. The number of nitrogens with zero attached hydrogens (tertiary/aromatic N) is 2. The van der Waals surface area contributed by atoms with Gasteiger partial charge in [-0.3, -0.25) is 9.59 Å². The minimum absolute atomic E-state index is 0.0769. The van der Waals surface area contributed by atoms with Crippen molar-refractivity contribution in [2.24, 2.45) is 18.4 Å². The van der Waals surface area contributed by atoms with E-state index in [2.05, 4.69) is 20.5 Å². The molecule has 0 saturated carbocycles. The van der Waals surface area contributed by atoms with Crippen LogP contribution >= 0.6 is 0 Å². The smallest absolute Gasteiger partial charge is 0.388 e. The number of amides is 2. The van der Waals surface area contributed by atoms with Gasteiger partial charge in [0.05, 0.1) is 5.41 Å². The number of rotatable bonds is 5. The number of carbonyl (C=O) groups excluding carboxylic acids is 2. The van der Waals surface area contributed by atoms with Gasteiger partial charge in [0.2, 0.25) is 17.7 Å². The fraction of sp³-hybridized carbons (Fsp3) is 0.615. The Morgan fingerprint density at radius 3 is 2.73 bits per heavy atom. The molecule has 0 aliphatic carbocycles. The highest BCUT2D eigenvalue weighted by molar-refractivity contribution is 5.99. The molecule has 1 saturated heterocycles. The third kappa shape index (κ3) is 3.02. The molecule has 7 nitrogen and oxygen atoms in total. The fourth-order valence-corrected chi connectivity index (χ4v) is 2.45. The Kier molecular flexibility index (Phi) is 4.34. The SMILES string of the molecule is CC(C)C1(C(=O)Nc2cc(OC(F)F)n(C)n2)CNC(=O)C1. The summed E-state index contributed by atoms with van der Waals surface area (Å²) in [5.41, 5.74) is -0.877. The van der Waals surface area contributed by atoms with Gasteiger partial charge in [0.25, 0.3) is 0 Å². The van der Waals surface area contributed by atoms with Crippen molar-refractivity contribution >= 4 is 17.6 Å². The lowest BCUT2D eigenvalue weighted by molar-refractivity contribution is -0.129. The van der Waals surface area contributed by atoms with E-state index in [-0.39, 0.29) is 42.4 Å². The summed E-state index contributed by atoms with van der Waals surface area (Å²) < 4.78 is 29.8. The van der Waals surface area contributed by atoms with E-state index in [0.29, 0.717) is 0 Å². The Morgan fingerprint density at radius 2 is 2.23 bits per heavy atom. The second-order valence-electron chi connectivity index (χ2n) is 5.59. The van der Waals surface area contributed by atoms with E-state index in [1.807, 2.05) is 13.8 Å². The van der Waals surface area contributed by atoms with Crippen LogP contribution in [0.2, 0.25) is 0 Å². The van der Waals surface area contributed by atoms with Gasteiger partial charge in [0, 0.05) is 26.1 Å². The maximum Gasteiger partial charge on any atom is 0.388 e. The number of aromatic nitrogens is 2. The van der Waals surface area contributed by atoms with Crippen LogP contribution in [-0.4, -0.2) is 34.8 Å². The molecule has 0 bridgehead atoms. The minimum Gasteiger partial charge on any atom is -0.417 e. The van der Waals surface area contributed by atoms with Crippen molar-refractivity contribution in [2.45, 2.75) is 26.9 Å². The molecule has 122 valence electrons. The number of alkyl halides is 2. The Hall–Kier alpha value is -2.19. The quantitative estimate of drug-likeness (QED) is 0.852. The molecule has 1 aliphatic rings. The Labute approximate surface area is 126 Å². The monoisotopic (exact) mass is 316 g/mol. The van der Waals surface area contributed by atoms with Gasteiger partial charge in [0.1, 0.15) is 0 Å². The number of aryl methyl sites for hydroxylation is 1. The highest BCUT2D eigenvalue weighted by atomic mass is 19.3. The molecule has 22 heavy (non-hydrogen) atoms. The lowest BCUT2D eigenvalue weighted by Gasteiger charge is -2.29. The molecule has 1 aliphatic heterocycles. The summed E-state index contributed by atoms with van der Waals surface area (Å²) >= 11 is 0.